The number of carbonyl (C=O) groups is 4. The molecule has 1 aromatic carbocycles. The number of hydrogen-bond acceptors (Lipinski definition) is 17. The summed E-state index contributed by atoms with van der Waals surface area (Å²) in [6, 6.07) is 1.89. The summed E-state index contributed by atoms with van der Waals surface area (Å²) in [7, 11) is -6.77. The fraction of sp³-hybridized carbons (Fsp3) is 0.406. The summed E-state index contributed by atoms with van der Waals surface area (Å²) in [5, 5.41) is 24.8. The number of aromatic carboxylic acids is 1. The molecular formula is C32H41Cl2F3N9O14PS3. The Kier molecular flexibility index (Phi) is 23.4. The van der Waals surface area contributed by atoms with E-state index in [1.165, 1.54) is 26.3 Å². The molecule has 0 saturated heterocycles. The molecule has 356 valence electrons. The summed E-state index contributed by atoms with van der Waals surface area (Å²) in [5.41, 5.74) is -1.37. The van der Waals surface area contributed by atoms with Gasteiger partial charge in [0, 0.05) is 11.4 Å². The highest BCUT2D eigenvalue weighted by Gasteiger charge is 2.27. The van der Waals surface area contributed by atoms with Crippen molar-refractivity contribution < 1.29 is 74.8 Å². The van der Waals surface area contributed by atoms with Crippen LogP contribution in [0, 0.1) is 19.7 Å². The molecule has 6 N–H and O–H groups in total. The highest BCUT2D eigenvalue weighted by Crippen LogP contribution is 2.27. The summed E-state index contributed by atoms with van der Waals surface area (Å²) in [6.07, 6.45) is 5.76. The van der Waals surface area contributed by atoms with Gasteiger partial charge in [-0.25, -0.2) is 36.5 Å². The lowest BCUT2D eigenvalue weighted by molar-refractivity contribution is -0.193. The molecule has 4 aromatic rings. The predicted molar refractivity (Wildman–Crippen MR) is 226 cm³/mol. The number of carbonyl (C=O) groups excluding carboxylic acids is 2. The second-order valence-corrected chi connectivity index (χ2v) is 19.8. The molecule has 2 atom stereocenters. The number of carboxylic acid groups (broad SMARTS) is 2. The molecule has 23 nitrogen and oxygen atoms in total. The lowest BCUT2D eigenvalue weighted by atomic mass is 10.1. The number of aromatic nitrogens is 6. The number of sulfonamides is 1. The maximum Gasteiger partial charge on any atom is 0.355 e. The molecule has 0 aliphatic carbocycles. The summed E-state index contributed by atoms with van der Waals surface area (Å²) < 4.78 is 86.1. The fourth-order valence-electron chi connectivity index (χ4n) is 4.14. The Balaban J connectivity index is 0.000000497. The van der Waals surface area contributed by atoms with E-state index in [0.717, 1.165) is 29.5 Å². The van der Waals surface area contributed by atoms with Crippen molar-refractivity contribution in [1.29, 1.82) is 0 Å². The van der Waals surface area contributed by atoms with Crippen molar-refractivity contribution in [1.82, 2.24) is 39.3 Å². The highest BCUT2D eigenvalue weighted by molar-refractivity contribution is 7.94. The summed E-state index contributed by atoms with van der Waals surface area (Å²) >= 11 is 12.6. The number of aliphatic carboxylic acids is 1. The van der Waals surface area contributed by atoms with Crippen LogP contribution < -0.4 is 30.7 Å². The Morgan fingerprint density at radius 3 is 2.22 bits per heavy atom. The van der Waals surface area contributed by atoms with E-state index in [1.807, 2.05) is 5.32 Å². The normalized spacial score (nSPS) is 12.2. The van der Waals surface area contributed by atoms with Crippen LogP contribution in [0.2, 0.25) is 5.02 Å². The number of methoxy groups -OCH3 is 1. The van der Waals surface area contributed by atoms with E-state index in [4.69, 9.17) is 47.8 Å². The number of carboxylic acids is 2. The average molecular weight is 1030 g/mol. The third-order valence-corrected chi connectivity index (χ3v) is 10.2. The van der Waals surface area contributed by atoms with E-state index in [-0.39, 0.29) is 57.5 Å². The van der Waals surface area contributed by atoms with Crippen molar-refractivity contribution in [2.45, 2.75) is 44.0 Å². The van der Waals surface area contributed by atoms with Crippen LogP contribution in [0.3, 0.4) is 0 Å². The smallest absolute Gasteiger partial charge is 0.355 e. The van der Waals surface area contributed by atoms with Crippen molar-refractivity contribution in [3.63, 3.8) is 0 Å². The first-order valence-electron chi connectivity index (χ1n) is 17.2. The molecule has 0 fully saturated rings. The number of esters is 1. The summed E-state index contributed by atoms with van der Waals surface area (Å²) in [6.45, 7) is 0.848. The number of rotatable bonds is 15. The average Bonchev–Trinajstić information content (AvgIpc) is 3.77. The van der Waals surface area contributed by atoms with Crippen LogP contribution >= 0.6 is 42.1 Å². The molecule has 3 aromatic heterocycles. The standard InChI is InChI=1S/C15H14Cl2F3N3O3.C11H11N5O6S2.C3H8NO5P.C3H9S/c1-3-26-13(24)10(17)4-8-5-12(11(18)6-9(8)16)23-15(25)22(14(19)20)7(2)21-23;1-5-12-9(15-11(13-5)22-2)14-10(19)16-24(20,21)6-3-4-23-7(6)8(17)18;5-3(6)1-4-2-10(7,8)9;1-4(2)3/h5-6,10,14H,3-4H2,1-2H3;3-4H,1-2H3,(H,17,18)(H2,12,13,14,15,16,19);4H,1-2H2,(H,5,6)(H2,7,8,9);1-3H3/q;;;+1/p-1. The predicted octanol–water partition coefficient (Wildman–Crippen LogP) is 2.36. The summed E-state index contributed by atoms with van der Waals surface area (Å²) in [5.74, 6) is -4.49. The number of nitrogens with one attached hydrogen (secondary N) is 3. The second kappa shape index (κ2) is 26.2. The Labute approximate surface area is 378 Å². The minimum Gasteiger partial charge on any atom is -0.778 e. The van der Waals surface area contributed by atoms with Gasteiger partial charge in [0.15, 0.2) is 5.82 Å². The molecular weight excluding hydrogens is 989 g/mol. The Morgan fingerprint density at radius 2 is 1.72 bits per heavy atom. The largest absolute Gasteiger partial charge is 0.778 e. The number of anilines is 1. The van der Waals surface area contributed by atoms with Crippen molar-refractivity contribution in [3.8, 4) is 11.7 Å². The molecule has 0 saturated carbocycles. The van der Waals surface area contributed by atoms with Gasteiger partial charge < -0.3 is 34.0 Å². The van der Waals surface area contributed by atoms with Crippen LogP contribution in [-0.4, -0.2) is 127 Å². The molecule has 0 aliphatic rings. The van der Waals surface area contributed by atoms with Crippen LogP contribution in [0.1, 0.15) is 40.4 Å². The Bertz CT molecular complexity index is 2470. The molecule has 32 heteroatoms. The molecule has 2 unspecified atom stereocenters. The van der Waals surface area contributed by atoms with Gasteiger partial charge in [-0.05, 0) is 60.8 Å². The van der Waals surface area contributed by atoms with Crippen LogP contribution in [0.25, 0.3) is 5.69 Å². The van der Waals surface area contributed by atoms with Gasteiger partial charge in [0.25, 0.3) is 10.0 Å². The number of amides is 2. The first-order chi connectivity index (χ1) is 29.5. The van der Waals surface area contributed by atoms with E-state index >= 15 is 0 Å². The van der Waals surface area contributed by atoms with Gasteiger partial charge >= 0.3 is 42.2 Å². The topological polar surface area (TPSA) is 336 Å². The summed E-state index contributed by atoms with van der Waals surface area (Å²) in [4.78, 5) is 84.7. The highest BCUT2D eigenvalue weighted by atomic mass is 35.5. The van der Waals surface area contributed by atoms with Gasteiger partial charge in [-0.1, -0.05) is 11.6 Å². The number of thiophene rings is 1. The number of urea groups is 1. The molecule has 64 heavy (non-hydrogen) atoms. The van der Waals surface area contributed by atoms with Crippen molar-refractivity contribution in [3.05, 3.63) is 67.0 Å². The number of aryl methyl sites for hydroxylation is 2. The third-order valence-electron chi connectivity index (χ3n) is 6.52. The molecule has 4 rings (SSSR count). The van der Waals surface area contributed by atoms with E-state index in [9.17, 15) is 55.0 Å². The zero-order chi connectivity index (χ0) is 49.3. The van der Waals surface area contributed by atoms with Crippen LogP contribution in [0.15, 0.2) is 33.3 Å². The zero-order valence-electron chi connectivity index (χ0n) is 34.4. The SMILES string of the molecule is CCOC(=O)C(Cl)Cc1cc(-n2nc(C)n(C(F)F)c2=O)c(F)cc1Cl.COc1nc(C)nc(NC(=O)NS(=O)(=O)c2ccsc2C(=O)O)n1.C[S+](C)C.O=C(O)CNCP(=O)([O-])O. The molecule has 3 heterocycles. The van der Waals surface area contributed by atoms with E-state index in [1.54, 1.807) is 11.6 Å². The van der Waals surface area contributed by atoms with Crippen LogP contribution in [0.4, 0.5) is 23.9 Å². The van der Waals surface area contributed by atoms with Gasteiger partial charge in [-0.15, -0.1) is 28.0 Å². The van der Waals surface area contributed by atoms with Crippen molar-refractivity contribution >= 4 is 92.9 Å². The van der Waals surface area contributed by atoms with Gasteiger partial charge in [0.1, 0.15) is 40.1 Å². The first-order valence-corrected chi connectivity index (χ1v) is 24.5. The van der Waals surface area contributed by atoms with E-state index < -0.39 is 87.6 Å². The molecule has 0 radical (unpaired) electrons. The van der Waals surface area contributed by atoms with E-state index in [2.05, 4.69) is 44.1 Å². The number of hydrogen-bond donors (Lipinski definition) is 6. The van der Waals surface area contributed by atoms with Gasteiger partial charge in [-0.3, -0.25) is 20.2 Å². The fourth-order valence-corrected chi connectivity index (χ4v) is 7.16. The minimum atomic E-state index is -4.37. The maximum absolute atomic E-state index is 14.2. The molecule has 0 aliphatic heterocycles. The number of benzene rings is 1. The monoisotopic (exact) mass is 1030 g/mol. The molecule has 0 spiro atoms. The van der Waals surface area contributed by atoms with E-state index in [0.29, 0.717) is 15.6 Å². The number of ether oxygens (including phenoxy) is 2. The Hall–Kier alpha value is -4.87. The Morgan fingerprint density at radius 1 is 1.11 bits per heavy atom. The van der Waals surface area contributed by atoms with Crippen LogP contribution in [-0.2, 0) is 46.2 Å². The molecule has 2 amide bonds. The third kappa shape index (κ3) is 19.5. The van der Waals surface area contributed by atoms with Crippen LogP contribution in [0.5, 0.6) is 6.01 Å². The lowest BCUT2D eigenvalue weighted by Gasteiger charge is -2.14. The number of nitrogens with zero attached hydrogens (tertiary/aromatic N) is 6. The number of halogens is 5. The number of alkyl halides is 3. The lowest BCUT2D eigenvalue weighted by Crippen LogP contribution is -2.35. The first kappa shape index (κ1) is 57.1. The van der Waals surface area contributed by atoms with Crippen molar-refractivity contribution in [2.24, 2.45) is 0 Å². The van der Waals surface area contributed by atoms with Gasteiger partial charge in [0.05, 0.1) is 45.3 Å². The second-order valence-electron chi connectivity index (χ2n) is 12.2. The van der Waals surface area contributed by atoms with Gasteiger partial charge in [-0.2, -0.15) is 28.4 Å². The quantitative estimate of drug-likeness (QED) is 0.0431. The van der Waals surface area contributed by atoms with Gasteiger partial charge in [0.2, 0.25) is 5.95 Å². The van der Waals surface area contributed by atoms with Crippen molar-refractivity contribution in [2.75, 3.05) is 50.6 Å². The molecule has 0 bridgehead atoms. The minimum absolute atomic E-state index is 0.0424. The zero-order valence-corrected chi connectivity index (χ0v) is 39.2. The maximum atomic E-state index is 14.2.